The van der Waals surface area contributed by atoms with Crippen LogP contribution in [-0.4, -0.2) is 48.6 Å². The van der Waals surface area contributed by atoms with Crippen molar-refractivity contribution in [1.29, 1.82) is 0 Å². The van der Waals surface area contributed by atoms with Crippen LogP contribution in [0.4, 0.5) is 0 Å². The molecule has 2 amide bonds. The third-order valence-corrected chi connectivity index (χ3v) is 7.48. The average molecular weight is 413 g/mol. The summed E-state index contributed by atoms with van der Waals surface area (Å²) < 4.78 is 5.14. The van der Waals surface area contributed by atoms with Gasteiger partial charge in [0, 0.05) is 31.9 Å². The van der Waals surface area contributed by atoms with E-state index in [1.807, 2.05) is 24.3 Å². The first kappa shape index (κ1) is 21.4. The zero-order valence-corrected chi connectivity index (χ0v) is 18.3. The van der Waals surface area contributed by atoms with E-state index in [1.165, 1.54) is 25.7 Å². The molecule has 1 spiro atoms. The van der Waals surface area contributed by atoms with E-state index in [4.69, 9.17) is 4.74 Å². The van der Waals surface area contributed by atoms with E-state index >= 15 is 0 Å². The van der Waals surface area contributed by atoms with Crippen LogP contribution in [0.1, 0.15) is 92.5 Å². The Balaban J connectivity index is 1.74. The molecule has 0 aromatic heterocycles. The van der Waals surface area contributed by atoms with Gasteiger partial charge < -0.3 is 15.0 Å². The third kappa shape index (κ3) is 3.89. The van der Waals surface area contributed by atoms with Crippen molar-refractivity contribution in [3.05, 3.63) is 35.4 Å². The Bertz CT molecular complexity index is 751. The highest BCUT2D eigenvalue weighted by Gasteiger charge is 2.56. The van der Waals surface area contributed by atoms with E-state index in [9.17, 15) is 9.59 Å². The SMILES string of the molecule is COCCCNC(=O)[C@H]1c2ccccc2C(=O)N(C2CCCCC2)C12CCCCC2. The van der Waals surface area contributed by atoms with E-state index in [0.717, 1.165) is 56.1 Å². The number of nitrogens with zero attached hydrogens (tertiary/aromatic N) is 1. The molecule has 0 radical (unpaired) electrons. The van der Waals surface area contributed by atoms with E-state index in [1.54, 1.807) is 7.11 Å². The molecule has 1 heterocycles. The van der Waals surface area contributed by atoms with Crippen molar-refractivity contribution in [2.45, 2.75) is 88.1 Å². The van der Waals surface area contributed by atoms with Gasteiger partial charge in [-0.2, -0.15) is 0 Å². The lowest BCUT2D eigenvalue weighted by molar-refractivity contribution is -0.128. The van der Waals surface area contributed by atoms with E-state index in [2.05, 4.69) is 10.2 Å². The topological polar surface area (TPSA) is 58.6 Å². The molecule has 0 saturated heterocycles. The fourth-order valence-electron chi connectivity index (χ4n) is 6.18. The van der Waals surface area contributed by atoms with Gasteiger partial charge >= 0.3 is 0 Å². The molecule has 4 rings (SSSR count). The van der Waals surface area contributed by atoms with Crippen LogP contribution in [0.2, 0.25) is 0 Å². The number of carbonyl (C=O) groups is 2. The van der Waals surface area contributed by atoms with Crippen LogP contribution < -0.4 is 5.32 Å². The number of methoxy groups -OCH3 is 1. The number of carbonyl (C=O) groups excluding carboxylic acids is 2. The van der Waals surface area contributed by atoms with Crippen molar-refractivity contribution in [3.8, 4) is 0 Å². The Labute approximate surface area is 180 Å². The summed E-state index contributed by atoms with van der Waals surface area (Å²) in [4.78, 5) is 29.7. The summed E-state index contributed by atoms with van der Waals surface area (Å²) in [6, 6.07) is 8.11. The van der Waals surface area contributed by atoms with Gasteiger partial charge in [-0.1, -0.05) is 56.7 Å². The zero-order chi connectivity index (χ0) is 21.0. The molecule has 0 bridgehead atoms. The van der Waals surface area contributed by atoms with Crippen molar-refractivity contribution >= 4 is 11.8 Å². The number of amides is 2. The van der Waals surface area contributed by atoms with Crippen LogP contribution in [0.15, 0.2) is 24.3 Å². The quantitative estimate of drug-likeness (QED) is 0.704. The molecule has 1 aromatic carbocycles. The molecule has 2 fully saturated rings. The van der Waals surface area contributed by atoms with Gasteiger partial charge in [0.15, 0.2) is 0 Å². The Morgan fingerprint density at radius 2 is 1.80 bits per heavy atom. The minimum absolute atomic E-state index is 0.0776. The first-order valence-corrected chi connectivity index (χ1v) is 11.9. The second-order valence-corrected chi connectivity index (χ2v) is 9.29. The van der Waals surface area contributed by atoms with E-state index in [0.29, 0.717) is 13.2 Å². The highest BCUT2D eigenvalue weighted by Crippen LogP contribution is 2.51. The summed E-state index contributed by atoms with van der Waals surface area (Å²) in [6.07, 6.45) is 11.8. The second kappa shape index (κ2) is 9.51. The van der Waals surface area contributed by atoms with Gasteiger partial charge in [-0.25, -0.2) is 0 Å². The fourth-order valence-corrected chi connectivity index (χ4v) is 6.18. The van der Waals surface area contributed by atoms with Crippen LogP contribution in [0.25, 0.3) is 0 Å². The summed E-state index contributed by atoms with van der Waals surface area (Å²) >= 11 is 0. The molecular formula is C25H36N2O3. The van der Waals surface area contributed by atoms with Crippen LogP contribution in [0.5, 0.6) is 0 Å². The highest BCUT2D eigenvalue weighted by atomic mass is 16.5. The average Bonchev–Trinajstić information content (AvgIpc) is 2.78. The minimum Gasteiger partial charge on any atom is -0.385 e. The van der Waals surface area contributed by atoms with Gasteiger partial charge in [-0.15, -0.1) is 0 Å². The maximum absolute atomic E-state index is 13.8. The lowest BCUT2D eigenvalue weighted by Gasteiger charge is -2.57. The van der Waals surface area contributed by atoms with Crippen molar-refractivity contribution in [2.75, 3.05) is 20.3 Å². The Kier molecular flexibility index (Phi) is 6.77. The van der Waals surface area contributed by atoms with Crippen LogP contribution in [0.3, 0.4) is 0 Å². The normalized spacial score (nSPS) is 24.0. The number of nitrogens with one attached hydrogen (secondary N) is 1. The summed E-state index contributed by atoms with van der Waals surface area (Å²) in [7, 11) is 1.68. The van der Waals surface area contributed by atoms with Crippen molar-refractivity contribution in [1.82, 2.24) is 10.2 Å². The standard InChI is InChI=1S/C25H36N2O3/c1-30-18-10-17-26-23(28)22-20-13-6-7-14-21(20)24(29)27(19-11-4-2-5-12-19)25(22)15-8-3-9-16-25/h6-7,13-14,19,22H,2-5,8-12,15-18H2,1H3,(H,26,28)/t22-/m1/s1. The van der Waals surface area contributed by atoms with Crippen molar-refractivity contribution < 1.29 is 14.3 Å². The Morgan fingerprint density at radius 1 is 1.10 bits per heavy atom. The van der Waals surface area contributed by atoms with Crippen LogP contribution in [0, 0.1) is 0 Å². The maximum Gasteiger partial charge on any atom is 0.254 e. The second-order valence-electron chi connectivity index (χ2n) is 9.29. The minimum atomic E-state index is -0.378. The predicted molar refractivity (Wildman–Crippen MR) is 118 cm³/mol. The number of benzene rings is 1. The maximum atomic E-state index is 13.8. The number of hydrogen-bond acceptors (Lipinski definition) is 3. The summed E-state index contributed by atoms with van der Waals surface area (Å²) in [6.45, 7) is 1.25. The molecule has 164 valence electrons. The monoisotopic (exact) mass is 412 g/mol. The molecule has 0 unspecified atom stereocenters. The van der Waals surface area contributed by atoms with Gasteiger partial charge in [-0.05, 0) is 43.7 Å². The van der Waals surface area contributed by atoms with E-state index in [-0.39, 0.29) is 29.3 Å². The van der Waals surface area contributed by atoms with Crippen LogP contribution >= 0.6 is 0 Å². The van der Waals surface area contributed by atoms with Crippen LogP contribution in [-0.2, 0) is 9.53 Å². The first-order chi connectivity index (χ1) is 14.7. The molecular weight excluding hydrogens is 376 g/mol. The van der Waals surface area contributed by atoms with Gasteiger partial charge in [0.1, 0.15) is 0 Å². The third-order valence-electron chi connectivity index (χ3n) is 7.48. The molecule has 2 aliphatic carbocycles. The van der Waals surface area contributed by atoms with Crippen molar-refractivity contribution in [3.63, 3.8) is 0 Å². The molecule has 5 nitrogen and oxygen atoms in total. The number of ether oxygens (including phenoxy) is 1. The van der Waals surface area contributed by atoms with Gasteiger partial charge in [0.05, 0.1) is 11.5 Å². The lowest BCUT2D eigenvalue weighted by Crippen LogP contribution is -2.65. The molecule has 1 N–H and O–H groups in total. The summed E-state index contributed by atoms with van der Waals surface area (Å²) in [5.74, 6) is -0.0484. The summed E-state index contributed by atoms with van der Waals surface area (Å²) in [5, 5.41) is 3.18. The van der Waals surface area contributed by atoms with Gasteiger partial charge in [0.25, 0.3) is 5.91 Å². The fraction of sp³-hybridized carbons (Fsp3) is 0.680. The molecule has 2 saturated carbocycles. The Morgan fingerprint density at radius 3 is 2.53 bits per heavy atom. The molecule has 30 heavy (non-hydrogen) atoms. The van der Waals surface area contributed by atoms with E-state index < -0.39 is 0 Å². The smallest absolute Gasteiger partial charge is 0.254 e. The molecule has 5 heteroatoms. The number of hydrogen-bond donors (Lipinski definition) is 1. The predicted octanol–water partition coefficient (Wildman–Crippen LogP) is 4.41. The van der Waals surface area contributed by atoms with Gasteiger partial charge in [-0.3, -0.25) is 9.59 Å². The Hall–Kier alpha value is -1.88. The molecule has 3 aliphatic rings. The number of rotatable bonds is 6. The lowest BCUT2D eigenvalue weighted by atomic mass is 9.64. The van der Waals surface area contributed by atoms with Gasteiger partial charge in [0.2, 0.25) is 5.91 Å². The zero-order valence-electron chi connectivity index (χ0n) is 18.3. The van der Waals surface area contributed by atoms with Crippen molar-refractivity contribution in [2.24, 2.45) is 0 Å². The molecule has 1 atom stereocenters. The molecule has 1 aliphatic heterocycles. The number of fused-ring (bicyclic) bond motifs is 1. The first-order valence-electron chi connectivity index (χ1n) is 11.9. The highest BCUT2D eigenvalue weighted by molar-refractivity contribution is 6.02. The summed E-state index contributed by atoms with van der Waals surface area (Å²) in [5.41, 5.74) is 1.29. The molecule has 1 aromatic rings. The largest absolute Gasteiger partial charge is 0.385 e.